The van der Waals surface area contributed by atoms with Crippen molar-refractivity contribution in [2.24, 2.45) is 0 Å². The van der Waals surface area contributed by atoms with Gasteiger partial charge in [0.1, 0.15) is 5.75 Å². The molecular formula is C26H30N2O8. The lowest BCUT2D eigenvalue weighted by molar-refractivity contribution is -0.138. The largest absolute Gasteiger partial charge is 0.494 e. The molecule has 3 rings (SSSR count). The number of ether oxygens (including phenoxy) is 5. The van der Waals surface area contributed by atoms with Crippen LogP contribution in [0.1, 0.15) is 42.2 Å². The van der Waals surface area contributed by atoms with Gasteiger partial charge in [-0.15, -0.1) is 0 Å². The summed E-state index contributed by atoms with van der Waals surface area (Å²) in [5, 5.41) is 5.32. The van der Waals surface area contributed by atoms with Gasteiger partial charge in [-0.25, -0.2) is 9.59 Å². The van der Waals surface area contributed by atoms with Crippen LogP contribution < -0.4 is 29.6 Å². The third-order valence-corrected chi connectivity index (χ3v) is 5.50. The monoisotopic (exact) mass is 498 g/mol. The highest BCUT2D eigenvalue weighted by atomic mass is 16.5. The van der Waals surface area contributed by atoms with Crippen molar-refractivity contribution in [1.82, 2.24) is 10.6 Å². The van der Waals surface area contributed by atoms with Gasteiger partial charge < -0.3 is 34.3 Å². The van der Waals surface area contributed by atoms with E-state index in [1.807, 2.05) is 6.92 Å². The van der Waals surface area contributed by atoms with Crippen molar-refractivity contribution in [3.8, 4) is 23.0 Å². The zero-order valence-electron chi connectivity index (χ0n) is 20.9. The average Bonchev–Trinajstić information content (AvgIpc) is 2.89. The molecule has 2 aromatic rings. The Morgan fingerprint density at radius 1 is 0.972 bits per heavy atom. The highest BCUT2D eigenvalue weighted by Crippen LogP contribution is 2.38. The Kier molecular flexibility index (Phi) is 8.77. The van der Waals surface area contributed by atoms with Gasteiger partial charge in [-0.2, -0.15) is 0 Å². The molecule has 0 radical (unpaired) electrons. The lowest BCUT2D eigenvalue weighted by Crippen LogP contribution is -2.45. The van der Waals surface area contributed by atoms with Gasteiger partial charge in [0.2, 0.25) is 11.5 Å². The van der Waals surface area contributed by atoms with Crippen LogP contribution in [0, 0.1) is 0 Å². The first-order valence-corrected chi connectivity index (χ1v) is 11.3. The van der Waals surface area contributed by atoms with Crippen LogP contribution in [0.5, 0.6) is 23.0 Å². The number of methoxy groups -OCH3 is 3. The molecule has 0 spiro atoms. The molecule has 192 valence electrons. The minimum Gasteiger partial charge on any atom is -0.494 e. The number of esters is 1. The second-order valence-corrected chi connectivity index (χ2v) is 7.90. The van der Waals surface area contributed by atoms with Crippen molar-refractivity contribution >= 4 is 17.8 Å². The van der Waals surface area contributed by atoms with Crippen molar-refractivity contribution in [2.45, 2.75) is 26.3 Å². The van der Waals surface area contributed by atoms with E-state index in [-0.39, 0.29) is 11.1 Å². The third kappa shape index (κ3) is 5.88. The van der Waals surface area contributed by atoms with Crippen LogP contribution in [0.3, 0.4) is 0 Å². The van der Waals surface area contributed by atoms with E-state index in [1.165, 1.54) is 33.5 Å². The fourth-order valence-corrected chi connectivity index (χ4v) is 3.73. The number of urea groups is 1. The first-order chi connectivity index (χ1) is 17.3. The Balaban J connectivity index is 1.79. The summed E-state index contributed by atoms with van der Waals surface area (Å²) in [6.07, 6.45) is 0.874. The molecule has 0 fully saturated rings. The van der Waals surface area contributed by atoms with Gasteiger partial charge in [0, 0.05) is 11.3 Å². The smallest absolute Gasteiger partial charge is 0.338 e. The Labute approximate surface area is 209 Å². The molecule has 0 aliphatic carbocycles. The maximum absolute atomic E-state index is 13.1. The predicted molar refractivity (Wildman–Crippen MR) is 131 cm³/mol. The number of nitrogens with one attached hydrogen (secondary N) is 2. The van der Waals surface area contributed by atoms with Crippen molar-refractivity contribution < 1.29 is 38.1 Å². The zero-order chi connectivity index (χ0) is 26.2. The molecule has 0 saturated heterocycles. The van der Waals surface area contributed by atoms with E-state index in [4.69, 9.17) is 23.7 Å². The van der Waals surface area contributed by atoms with Gasteiger partial charge in [-0.3, -0.25) is 4.79 Å². The topological polar surface area (TPSA) is 121 Å². The van der Waals surface area contributed by atoms with E-state index in [0.717, 1.165) is 6.42 Å². The standard InChI is InChI=1S/C26H30N2O8/c1-6-11-35-18-9-7-16(8-10-18)23-22(15(2)27-26(31)28-23)25(30)36-14-19(29)17-12-20(32-3)24(34-5)21(13-17)33-4/h7-10,12-13,23H,6,11,14H2,1-5H3,(H2,27,28,31). The molecule has 0 bridgehead atoms. The fraction of sp³-hybridized carbons (Fsp3) is 0.346. The molecule has 2 N–H and O–H groups in total. The lowest BCUT2D eigenvalue weighted by atomic mass is 9.95. The van der Waals surface area contributed by atoms with Gasteiger partial charge in [-0.05, 0) is 43.2 Å². The molecular weight excluding hydrogens is 468 g/mol. The van der Waals surface area contributed by atoms with Gasteiger partial charge in [0.05, 0.1) is 39.6 Å². The van der Waals surface area contributed by atoms with Gasteiger partial charge in [-0.1, -0.05) is 19.1 Å². The zero-order valence-corrected chi connectivity index (χ0v) is 20.9. The Morgan fingerprint density at radius 2 is 1.61 bits per heavy atom. The summed E-state index contributed by atoms with van der Waals surface area (Å²) in [6.45, 7) is 3.66. The normalized spacial score (nSPS) is 14.9. The minimum atomic E-state index is -0.761. The third-order valence-electron chi connectivity index (χ3n) is 5.50. The van der Waals surface area contributed by atoms with Crippen molar-refractivity contribution in [1.29, 1.82) is 0 Å². The van der Waals surface area contributed by atoms with Gasteiger partial charge in [0.15, 0.2) is 18.1 Å². The van der Waals surface area contributed by atoms with Crippen LogP contribution in [0.4, 0.5) is 4.79 Å². The van der Waals surface area contributed by atoms with Crippen molar-refractivity contribution in [3.63, 3.8) is 0 Å². The fourth-order valence-electron chi connectivity index (χ4n) is 3.73. The number of carbonyl (C=O) groups is 3. The number of ketones is 1. The number of carbonyl (C=O) groups excluding carboxylic acids is 3. The van der Waals surface area contributed by atoms with Crippen LogP contribution in [0.25, 0.3) is 0 Å². The predicted octanol–water partition coefficient (Wildman–Crippen LogP) is 3.56. The van der Waals surface area contributed by atoms with Crippen LogP contribution in [0.2, 0.25) is 0 Å². The summed E-state index contributed by atoms with van der Waals surface area (Å²) in [6, 6.07) is 8.82. The van der Waals surface area contributed by atoms with Crippen LogP contribution >= 0.6 is 0 Å². The molecule has 1 unspecified atom stereocenters. The molecule has 0 saturated carbocycles. The second-order valence-electron chi connectivity index (χ2n) is 7.90. The van der Waals surface area contributed by atoms with E-state index < -0.39 is 30.4 Å². The number of amides is 2. The number of hydrogen-bond donors (Lipinski definition) is 2. The summed E-state index contributed by atoms with van der Waals surface area (Å²) in [7, 11) is 4.33. The molecule has 36 heavy (non-hydrogen) atoms. The molecule has 1 aliphatic rings. The molecule has 2 amide bonds. The summed E-state index contributed by atoms with van der Waals surface area (Å²) < 4.78 is 26.8. The van der Waals surface area contributed by atoms with Crippen molar-refractivity contribution in [3.05, 3.63) is 58.8 Å². The maximum atomic E-state index is 13.1. The molecule has 10 nitrogen and oxygen atoms in total. The quantitative estimate of drug-likeness (QED) is 0.356. The number of Topliss-reactive ketones (excluding diaryl/α,β-unsaturated/α-hetero) is 1. The highest BCUT2D eigenvalue weighted by molar-refractivity contribution is 6.01. The van der Waals surface area contributed by atoms with Crippen molar-refractivity contribution in [2.75, 3.05) is 34.5 Å². The summed E-state index contributed by atoms with van der Waals surface area (Å²) in [5.41, 5.74) is 1.41. The first-order valence-electron chi connectivity index (χ1n) is 11.3. The highest BCUT2D eigenvalue weighted by Gasteiger charge is 2.32. The van der Waals surface area contributed by atoms with E-state index in [9.17, 15) is 14.4 Å². The van der Waals surface area contributed by atoms with E-state index in [0.29, 0.717) is 40.9 Å². The van der Waals surface area contributed by atoms with Crippen LogP contribution in [-0.4, -0.2) is 52.3 Å². The van der Waals surface area contributed by atoms with Gasteiger partial charge >= 0.3 is 12.0 Å². The number of benzene rings is 2. The molecule has 0 aromatic heterocycles. The van der Waals surface area contributed by atoms with E-state index in [1.54, 1.807) is 31.2 Å². The molecule has 1 atom stereocenters. The Morgan fingerprint density at radius 3 is 2.17 bits per heavy atom. The van der Waals surface area contributed by atoms with Crippen LogP contribution in [0.15, 0.2) is 47.7 Å². The number of allylic oxidation sites excluding steroid dienone is 1. The second kappa shape index (κ2) is 12.0. The summed E-state index contributed by atoms with van der Waals surface area (Å²) in [5.74, 6) is 0.417. The average molecular weight is 499 g/mol. The Bertz CT molecular complexity index is 1130. The Hall–Kier alpha value is -4.21. The van der Waals surface area contributed by atoms with E-state index >= 15 is 0 Å². The van der Waals surface area contributed by atoms with E-state index in [2.05, 4.69) is 10.6 Å². The molecule has 1 aliphatic heterocycles. The number of rotatable bonds is 11. The lowest BCUT2D eigenvalue weighted by Gasteiger charge is -2.28. The summed E-state index contributed by atoms with van der Waals surface area (Å²) in [4.78, 5) is 38.0. The minimum absolute atomic E-state index is 0.189. The first kappa shape index (κ1) is 26.4. The SMILES string of the molecule is CCCOc1ccc(C2NC(=O)NC(C)=C2C(=O)OCC(=O)c2cc(OC)c(OC)c(OC)c2)cc1. The molecule has 2 aromatic carbocycles. The molecule has 10 heteroatoms. The van der Waals surface area contributed by atoms with Gasteiger partial charge in [0.25, 0.3) is 0 Å². The molecule has 1 heterocycles. The maximum Gasteiger partial charge on any atom is 0.338 e. The summed E-state index contributed by atoms with van der Waals surface area (Å²) >= 11 is 0. The van der Waals surface area contributed by atoms with Crippen LogP contribution in [-0.2, 0) is 9.53 Å². The number of hydrogen-bond acceptors (Lipinski definition) is 8.